The summed E-state index contributed by atoms with van der Waals surface area (Å²) in [5, 5.41) is 3.97. The van der Waals surface area contributed by atoms with Gasteiger partial charge in [-0.2, -0.15) is 0 Å². The van der Waals surface area contributed by atoms with Crippen LogP contribution in [0.1, 0.15) is 13.8 Å². The lowest BCUT2D eigenvalue weighted by molar-refractivity contribution is 0.258. The lowest BCUT2D eigenvalue weighted by Gasteiger charge is -2.49. The highest BCUT2D eigenvalue weighted by atomic mass is 28.3. The number of hydrogen-bond acceptors (Lipinski definition) is 2. The quantitative estimate of drug-likeness (QED) is 0.679. The van der Waals surface area contributed by atoms with Crippen LogP contribution >= 0.6 is 0 Å². The molecule has 1 saturated heterocycles. The lowest BCUT2D eigenvalue weighted by atomic mass is 9.83. The standard InChI is InChI=1S/C25H34N2Si/c1-17(2)25-26-22-15-9-10-16-23(22)27(25)28(3,4)24-20-13-7-5-11-18(20)19-12-6-8-14-21(19)24/h5-26H,1-4H3/t18?,19?,20?,21?,22?,23-,24?,25+/m1/s1. The minimum absolute atomic E-state index is 0.459. The molecule has 1 N–H and O–H groups in total. The highest BCUT2D eigenvalue weighted by Crippen LogP contribution is 2.59. The van der Waals surface area contributed by atoms with Gasteiger partial charge in [-0.25, -0.2) is 0 Å². The molecular weight excluding hydrogens is 356 g/mol. The zero-order valence-electron chi connectivity index (χ0n) is 17.6. The fraction of sp³-hybridized carbons (Fsp3) is 0.520. The largest absolute Gasteiger partial charge is 0.301 e. The first-order valence-electron chi connectivity index (χ1n) is 11.1. The SMILES string of the molecule is CC(C)[C@H]1NC2C=CC=C[C@H]2N1[Si](C)(C)C1C2C=CC=CC2C2C=CC=CC21. The van der Waals surface area contributed by atoms with Crippen LogP contribution in [0, 0.1) is 29.6 Å². The van der Waals surface area contributed by atoms with Crippen LogP contribution < -0.4 is 5.32 Å². The van der Waals surface area contributed by atoms with Crippen LogP contribution in [-0.4, -0.2) is 31.1 Å². The van der Waals surface area contributed by atoms with Crippen molar-refractivity contribution in [2.75, 3.05) is 0 Å². The summed E-state index contributed by atoms with van der Waals surface area (Å²) in [5.41, 5.74) is 0.742. The minimum Gasteiger partial charge on any atom is -0.301 e. The van der Waals surface area contributed by atoms with Crippen LogP contribution in [0.25, 0.3) is 0 Å². The third-order valence-electron chi connectivity index (χ3n) is 7.92. The monoisotopic (exact) mass is 390 g/mol. The van der Waals surface area contributed by atoms with Crippen molar-refractivity contribution in [2.24, 2.45) is 29.6 Å². The molecule has 0 aromatic rings. The van der Waals surface area contributed by atoms with E-state index in [1.54, 1.807) is 0 Å². The Morgan fingerprint density at radius 2 is 1.21 bits per heavy atom. The Bertz CT molecular complexity index is 765. The molecule has 0 radical (unpaired) electrons. The molecule has 0 bridgehead atoms. The topological polar surface area (TPSA) is 15.3 Å². The molecule has 1 saturated carbocycles. The fourth-order valence-electron chi connectivity index (χ4n) is 6.88. The fourth-order valence-corrected chi connectivity index (χ4v) is 11.9. The van der Waals surface area contributed by atoms with Gasteiger partial charge in [0.1, 0.15) is 8.24 Å². The van der Waals surface area contributed by atoms with Gasteiger partial charge in [0, 0.05) is 12.1 Å². The molecule has 7 atom stereocenters. The van der Waals surface area contributed by atoms with Gasteiger partial charge in [0.25, 0.3) is 0 Å². The highest BCUT2D eigenvalue weighted by molar-refractivity contribution is 6.76. The summed E-state index contributed by atoms with van der Waals surface area (Å²) in [6.45, 7) is 10.1. The van der Waals surface area contributed by atoms with E-state index < -0.39 is 8.24 Å². The second-order valence-corrected chi connectivity index (χ2v) is 14.6. The molecular formula is C25H34N2Si. The predicted molar refractivity (Wildman–Crippen MR) is 121 cm³/mol. The molecule has 1 heterocycles. The van der Waals surface area contributed by atoms with Crippen LogP contribution in [0.4, 0.5) is 0 Å². The van der Waals surface area contributed by atoms with Crippen molar-refractivity contribution in [3.63, 3.8) is 0 Å². The first kappa shape index (κ1) is 18.6. The van der Waals surface area contributed by atoms with E-state index in [9.17, 15) is 0 Å². The Balaban J connectivity index is 1.56. The number of fused-ring (bicyclic) bond motifs is 4. The van der Waals surface area contributed by atoms with Gasteiger partial charge in [-0.05, 0) is 35.1 Å². The van der Waals surface area contributed by atoms with Crippen molar-refractivity contribution in [2.45, 2.75) is 50.7 Å². The van der Waals surface area contributed by atoms with Gasteiger partial charge in [-0.1, -0.05) is 99.9 Å². The van der Waals surface area contributed by atoms with Gasteiger partial charge >= 0.3 is 0 Å². The summed E-state index contributed by atoms with van der Waals surface area (Å²) in [7, 11) is -1.77. The molecule has 0 spiro atoms. The molecule has 28 heavy (non-hydrogen) atoms. The summed E-state index contributed by atoms with van der Waals surface area (Å²) in [6, 6.07) is 0.962. The predicted octanol–water partition coefficient (Wildman–Crippen LogP) is 5.04. The number of nitrogens with zero attached hydrogens (tertiary/aromatic N) is 1. The smallest absolute Gasteiger partial charge is 0.129 e. The second-order valence-electron chi connectivity index (χ2n) is 10.1. The molecule has 2 fully saturated rings. The zero-order valence-corrected chi connectivity index (χ0v) is 18.6. The summed E-state index contributed by atoms with van der Waals surface area (Å²) in [4.78, 5) is 0. The average Bonchev–Trinajstić information content (AvgIpc) is 3.25. The molecule has 4 aliphatic carbocycles. The normalized spacial score (nSPS) is 43.6. The number of hydrogen-bond donors (Lipinski definition) is 1. The maximum Gasteiger partial charge on any atom is 0.129 e. The van der Waals surface area contributed by atoms with Gasteiger partial charge in [-0.15, -0.1) is 0 Å². The second kappa shape index (κ2) is 6.83. The van der Waals surface area contributed by atoms with Crippen molar-refractivity contribution in [1.29, 1.82) is 0 Å². The first-order chi connectivity index (χ1) is 13.5. The van der Waals surface area contributed by atoms with Crippen molar-refractivity contribution in [3.05, 3.63) is 72.9 Å². The van der Waals surface area contributed by atoms with E-state index in [4.69, 9.17) is 0 Å². The Morgan fingerprint density at radius 1 is 0.714 bits per heavy atom. The van der Waals surface area contributed by atoms with E-state index in [2.05, 4.69) is 110 Å². The van der Waals surface area contributed by atoms with E-state index in [0.29, 0.717) is 47.8 Å². The molecule has 3 heteroatoms. The molecule has 2 nitrogen and oxygen atoms in total. The van der Waals surface area contributed by atoms with E-state index in [0.717, 1.165) is 5.54 Å². The van der Waals surface area contributed by atoms with Gasteiger partial charge in [0.05, 0.1) is 6.17 Å². The van der Waals surface area contributed by atoms with Crippen LogP contribution in [0.3, 0.4) is 0 Å². The van der Waals surface area contributed by atoms with E-state index in [1.807, 2.05) is 0 Å². The van der Waals surface area contributed by atoms with Crippen LogP contribution in [0.5, 0.6) is 0 Å². The van der Waals surface area contributed by atoms with Gasteiger partial charge in [0.2, 0.25) is 0 Å². The number of allylic oxidation sites excluding steroid dienone is 10. The van der Waals surface area contributed by atoms with Gasteiger partial charge < -0.3 is 4.57 Å². The Morgan fingerprint density at radius 3 is 1.79 bits per heavy atom. The van der Waals surface area contributed by atoms with Crippen molar-refractivity contribution >= 4 is 8.24 Å². The molecule has 0 amide bonds. The van der Waals surface area contributed by atoms with Gasteiger partial charge in [0.15, 0.2) is 0 Å². The van der Waals surface area contributed by atoms with E-state index >= 15 is 0 Å². The molecule has 0 aromatic heterocycles. The molecule has 148 valence electrons. The zero-order chi connectivity index (χ0) is 19.5. The number of nitrogens with one attached hydrogen (secondary N) is 1. The first-order valence-corrected chi connectivity index (χ1v) is 14.1. The van der Waals surface area contributed by atoms with Crippen molar-refractivity contribution in [1.82, 2.24) is 9.88 Å². The molecule has 5 aliphatic rings. The summed E-state index contributed by atoms with van der Waals surface area (Å²) in [5.74, 6) is 3.28. The van der Waals surface area contributed by atoms with E-state index in [-0.39, 0.29) is 0 Å². The summed E-state index contributed by atoms with van der Waals surface area (Å²) in [6.07, 6.45) is 29.0. The highest BCUT2D eigenvalue weighted by Gasteiger charge is 2.59. The lowest BCUT2D eigenvalue weighted by Crippen LogP contribution is -2.61. The number of rotatable bonds is 3. The van der Waals surface area contributed by atoms with E-state index in [1.165, 1.54) is 0 Å². The summed E-state index contributed by atoms with van der Waals surface area (Å²) < 4.78 is 2.96. The molecule has 5 unspecified atom stereocenters. The Hall–Kier alpha value is -1.42. The van der Waals surface area contributed by atoms with Gasteiger partial charge in [-0.3, -0.25) is 5.32 Å². The Kier molecular flexibility index (Phi) is 4.53. The summed E-state index contributed by atoms with van der Waals surface area (Å²) >= 11 is 0. The maximum atomic E-state index is 3.97. The van der Waals surface area contributed by atoms with Crippen LogP contribution in [-0.2, 0) is 0 Å². The third kappa shape index (κ3) is 2.67. The molecule has 5 rings (SSSR count). The minimum atomic E-state index is -1.77. The van der Waals surface area contributed by atoms with Crippen molar-refractivity contribution < 1.29 is 0 Å². The average molecular weight is 391 g/mol. The third-order valence-corrected chi connectivity index (χ3v) is 12.2. The van der Waals surface area contributed by atoms with Crippen LogP contribution in [0.2, 0.25) is 18.6 Å². The maximum absolute atomic E-state index is 3.97. The van der Waals surface area contributed by atoms with Crippen LogP contribution in [0.15, 0.2) is 72.9 Å². The van der Waals surface area contributed by atoms with Crippen molar-refractivity contribution in [3.8, 4) is 0 Å². The molecule has 0 aromatic carbocycles. The molecule has 1 aliphatic heterocycles. The Labute approximate surface area is 171 Å².